The van der Waals surface area contributed by atoms with E-state index >= 15 is 0 Å². The molecule has 0 saturated carbocycles. The Balaban J connectivity index is 0. The Labute approximate surface area is 246 Å². The van der Waals surface area contributed by atoms with Gasteiger partial charge in [-0.1, -0.05) is 134 Å². The lowest BCUT2D eigenvalue weighted by atomic mass is 9.86. The molecule has 0 nitrogen and oxygen atoms in total. The number of rotatable bonds is 13. The first-order valence-electron chi connectivity index (χ1n) is 16.2. The summed E-state index contributed by atoms with van der Waals surface area (Å²) in [6, 6.07) is 4.66. The Morgan fingerprint density at radius 1 is 0.923 bits per heavy atom. The van der Waals surface area contributed by atoms with E-state index in [2.05, 4.69) is 98.1 Å². The smallest absolute Gasteiger partial charge is 0.00511 e. The molecule has 1 aliphatic rings. The largest absolute Gasteiger partial charge is 0.103 e. The molecule has 0 radical (unpaired) electrons. The van der Waals surface area contributed by atoms with Crippen LogP contribution in [-0.2, 0) is 12.8 Å². The molecule has 0 N–H and O–H groups in total. The number of hydrogen-bond acceptors (Lipinski definition) is 0. The molecule has 1 aliphatic carbocycles. The van der Waals surface area contributed by atoms with Crippen LogP contribution in [0.1, 0.15) is 143 Å². The molecular formula is C39H66. The fraction of sp³-hybridized carbons (Fsp3) is 0.590. The van der Waals surface area contributed by atoms with Crippen LogP contribution in [0.4, 0.5) is 0 Å². The van der Waals surface area contributed by atoms with Crippen LogP contribution in [0.15, 0.2) is 66.3 Å². The number of hydrogen-bond donors (Lipinski definition) is 0. The Kier molecular flexibility index (Phi) is 25.0. The second kappa shape index (κ2) is 24.9. The van der Waals surface area contributed by atoms with Crippen molar-refractivity contribution in [2.75, 3.05) is 0 Å². The van der Waals surface area contributed by atoms with Gasteiger partial charge in [0, 0.05) is 0 Å². The molecule has 2 unspecified atom stereocenters. The predicted octanol–water partition coefficient (Wildman–Crippen LogP) is 13.2. The van der Waals surface area contributed by atoms with Crippen molar-refractivity contribution in [3.05, 3.63) is 88.6 Å². The minimum atomic E-state index is 0.555. The normalized spacial score (nSPS) is 14.1. The first kappa shape index (κ1) is 39.1. The van der Waals surface area contributed by atoms with Crippen molar-refractivity contribution in [2.45, 2.75) is 140 Å². The molecular weight excluding hydrogens is 468 g/mol. The van der Waals surface area contributed by atoms with Crippen LogP contribution in [0.25, 0.3) is 6.08 Å². The van der Waals surface area contributed by atoms with Gasteiger partial charge in [-0.3, -0.25) is 0 Å². The van der Waals surface area contributed by atoms with Gasteiger partial charge in [0.15, 0.2) is 0 Å². The summed E-state index contributed by atoms with van der Waals surface area (Å²) in [7, 11) is 0. The first-order valence-corrected chi connectivity index (χ1v) is 16.2. The summed E-state index contributed by atoms with van der Waals surface area (Å²) in [6.45, 7) is 31.6. The van der Waals surface area contributed by atoms with Crippen molar-refractivity contribution in [3.63, 3.8) is 0 Å². The van der Waals surface area contributed by atoms with Gasteiger partial charge in [0.05, 0.1) is 0 Å². The number of allylic oxidation sites excluding steroid dienone is 7. The van der Waals surface area contributed by atoms with E-state index in [9.17, 15) is 0 Å². The lowest BCUT2D eigenvalue weighted by Crippen LogP contribution is -2.04. The number of unbranched alkanes of at least 4 members (excludes halogenated alkanes) is 1. The maximum atomic E-state index is 3.92. The monoisotopic (exact) mass is 535 g/mol. The molecule has 222 valence electrons. The van der Waals surface area contributed by atoms with Gasteiger partial charge < -0.3 is 0 Å². The Morgan fingerprint density at radius 3 is 2.08 bits per heavy atom. The average molecular weight is 535 g/mol. The second-order valence-electron chi connectivity index (χ2n) is 10.4. The topological polar surface area (TPSA) is 0 Å². The summed E-state index contributed by atoms with van der Waals surface area (Å²) >= 11 is 0. The molecule has 0 bridgehead atoms. The van der Waals surface area contributed by atoms with Crippen LogP contribution in [0, 0.1) is 18.8 Å². The molecule has 0 saturated heterocycles. The van der Waals surface area contributed by atoms with Gasteiger partial charge in [-0.2, -0.15) is 0 Å². The molecule has 0 spiro atoms. The van der Waals surface area contributed by atoms with E-state index in [-0.39, 0.29) is 0 Å². The number of benzene rings is 1. The van der Waals surface area contributed by atoms with Crippen LogP contribution in [0.2, 0.25) is 0 Å². The third-order valence-electron chi connectivity index (χ3n) is 7.53. The van der Waals surface area contributed by atoms with E-state index in [0.29, 0.717) is 5.92 Å². The summed E-state index contributed by atoms with van der Waals surface area (Å²) < 4.78 is 0. The van der Waals surface area contributed by atoms with Crippen molar-refractivity contribution in [3.8, 4) is 0 Å². The maximum absolute atomic E-state index is 3.92. The summed E-state index contributed by atoms with van der Waals surface area (Å²) in [5, 5.41) is 0. The molecule has 1 aromatic rings. The summed E-state index contributed by atoms with van der Waals surface area (Å²) in [5.41, 5.74) is 10.6. The van der Waals surface area contributed by atoms with Crippen LogP contribution < -0.4 is 0 Å². The quantitative estimate of drug-likeness (QED) is 0.221. The zero-order valence-corrected chi connectivity index (χ0v) is 28.2. The van der Waals surface area contributed by atoms with Crippen molar-refractivity contribution in [1.29, 1.82) is 0 Å². The van der Waals surface area contributed by atoms with Gasteiger partial charge in [-0.05, 0) is 99.8 Å². The molecule has 0 aliphatic heterocycles. The van der Waals surface area contributed by atoms with Gasteiger partial charge in [0.2, 0.25) is 0 Å². The second-order valence-corrected chi connectivity index (χ2v) is 10.4. The minimum absolute atomic E-state index is 0.555. The van der Waals surface area contributed by atoms with Crippen molar-refractivity contribution in [1.82, 2.24) is 0 Å². The van der Waals surface area contributed by atoms with Crippen molar-refractivity contribution in [2.24, 2.45) is 11.8 Å². The third kappa shape index (κ3) is 15.3. The summed E-state index contributed by atoms with van der Waals surface area (Å²) in [6.07, 6.45) is 23.2. The van der Waals surface area contributed by atoms with Gasteiger partial charge >= 0.3 is 0 Å². The Morgan fingerprint density at radius 2 is 1.59 bits per heavy atom. The lowest BCUT2D eigenvalue weighted by molar-refractivity contribution is 0.517. The van der Waals surface area contributed by atoms with E-state index in [0.717, 1.165) is 18.8 Å². The van der Waals surface area contributed by atoms with Gasteiger partial charge in [0.1, 0.15) is 0 Å². The minimum Gasteiger partial charge on any atom is -0.103 e. The Bertz CT molecular complexity index is 874. The first-order chi connectivity index (χ1) is 18.8. The molecule has 0 heterocycles. The van der Waals surface area contributed by atoms with Crippen LogP contribution >= 0.6 is 0 Å². The highest BCUT2D eigenvalue weighted by Crippen LogP contribution is 2.29. The van der Waals surface area contributed by atoms with E-state index < -0.39 is 0 Å². The van der Waals surface area contributed by atoms with E-state index in [4.69, 9.17) is 0 Å². The van der Waals surface area contributed by atoms with Crippen LogP contribution in [-0.4, -0.2) is 0 Å². The SMILES string of the molecule is C=CC(C)C1=CC=C(C)CC1.C=CCCc1c(CCC)ccc(C)c1/C=C(\C)C(CC)CCCC.CC.CC. The standard InChI is InChI=1S/C24H38.C11H16.2C2H6/c1-7-11-14-21(10-4)20(6)18-24-19(5)16-17-22(13-9-3)23(24)15-12-8-2;1-4-10(3)11-7-5-9(2)6-8-11;2*1-2/h8,16-18,21H,2,7,9-15H2,1,3-6H3;4-5,7,10H,1,6,8H2,2-3H3;2*1-2H3/b20-18+;;;. The molecule has 39 heavy (non-hydrogen) atoms. The lowest BCUT2D eigenvalue weighted by Gasteiger charge is -2.19. The average Bonchev–Trinajstić information content (AvgIpc) is 2.97. The summed E-state index contributed by atoms with van der Waals surface area (Å²) in [4.78, 5) is 0. The fourth-order valence-electron chi connectivity index (χ4n) is 4.91. The molecule has 0 fully saturated rings. The zero-order valence-electron chi connectivity index (χ0n) is 28.2. The summed E-state index contributed by atoms with van der Waals surface area (Å²) in [5.74, 6) is 1.28. The third-order valence-corrected chi connectivity index (χ3v) is 7.53. The highest BCUT2D eigenvalue weighted by atomic mass is 14.2. The molecule has 2 atom stereocenters. The van der Waals surface area contributed by atoms with Crippen molar-refractivity contribution < 1.29 is 0 Å². The molecule has 2 rings (SSSR count). The zero-order chi connectivity index (χ0) is 30.2. The molecule has 0 heteroatoms. The van der Waals surface area contributed by atoms with E-state index in [1.165, 1.54) is 79.2 Å². The van der Waals surface area contributed by atoms with Gasteiger partial charge in [-0.25, -0.2) is 0 Å². The maximum Gasteiger partial charge on any atom is -0.00511 e. The molecule has 0 aromatic heterocycles. The predicted molar refractivity (Wildman–Crippen MR) is 184 cm³/mol. The highest BCUT2D eigenvalue weighted by molar-refractivity contribution is 5.62. The fourth-order valence-corrected chi connectivity index (χ4v) is 4.91. The molecule has 0 amide bonds. The highest BCUT2D eigenvalue weighted by Gasteiger charge is 2.13. The van der Waals surface area contributed by atoms with Crippen molar-refractivity contribution >= 4 is 6.08 Å². The number of aryl methyl sites for hydroxylation is 2. The van der Waals surface area contributed by atoms with E-state index in [1.54, 1.807) is 11.1 Å². The van der Waals surface area contributed by atoms with Gasteiger partial charge in [0.25, 0.3) is 0 Å². The van der Waals surface area contributed by atoms with Crippen LogP contribution in [0.5, 0.6) is 0 Å². The van der Waals surface area contributed by atoms with Gasteiger partial charge in [-0.15, -0.1) is 13.2 Å². The van der Waals surface area contributed by atoms with E-state index in [1.807, 2.05) is 33.8 Å². The Hall–Kier alpha value is -2.08. The van der Waals surface area contributed by atoms with Crippen LogP contribution in [0.3, 0.4) is 0 Å². The molecule has 1 aromatic carbocycles.